The Morgan fingerprint density at radius 2 is 1.57 bits per heavy atom. The van der Waals surface area contributed by atoms with Crippen molar-refractivity contribution in [2.24, 2.45) is 0 Å². The molecule has 192 valence electrons. The van der Waals surface area contributed by atoms with E-state index in [0.717, 1.165) is 11.1 Å². The average Bonchev–Trinajstić information content (AvgIpc) is 2.88. The first-order chi connectivity index (χ1) is 17.7. The van der Waals surface area contributed by atoms with Crippen molar-refractivity contribution in [2.45, 2.75) is 13.8 Å². The zero-order valence-corrected chi connectivity index (χ0v) is 22.9. The smallest absolute Gasteiger partial charge is 0.344 e. The molecule has 0 radical (unpaired) electrons. The van der Waals surface area contributed by atoms with Gasteiger partial charge >= 0.3 is 5.97 Å². The van der Waals surface area contributed by atoms with Gasteiger partial charge in [0.25, 0.3) is 0 Å². The van der Waals surface area contributed by atoms with E-state index in [1.807, 2.05) is 13.8 Å². The fraction of sp³-hybridized carbons (Fsp3) is 0.185. The molecule has 0 amide bonds. The number of aryl methyl sites for hydroxylation is 2. The first kappa shape index (κ1) is 26.4. The number of fused-ring (bicyclic) bond motifs is 1. The van der Waals surface area contributed by atoms with Crippen LogP contribution in [0.5, 0.6) is 34.5 Å². The minimum atomic E-state index is -0.693. The predicted molar refractivity (Wildman–Crippen MR) is 142 cm³/mol. The van der Waals surface area contributed by atoms with E-state index < -0.39 is 5.97 Å². The van der Waals surface area contributed by atoms with Crippen molar-refractivity contribution in [1.82, 2.24) is 0 Å². The lowest BCUT2D eigenvalue weighted by atomic mass is 10.1. The van der Waals surface area contributed by atoms with Crippen molar-refractivity contribution in [2.75, 3.05) is 21.3 Å². The third kappa shape index (κ3) is 5.10. The molecule has 3 aromatic carbocycles. The van der Waals surface area contributed by atoms with E-state index in [0.29, 0.717) is 21.0 Å². The van der Waals surface area contributed by atoms with Crippen LogP contribution >= 0.6 is 27.5 Å². The maximum absolute atomic E-state index is 13.0. The second kappa shape index (κ2) is 10.7. The third-order valence-electron chi connectivity index (χ3n) is 5.55. The number of methoxy groups -OCH3 is 3. The molecule has 0 atom stereocenters. The number of esters is 1. The molecule has 0 N–H and O–H groups in total. The highest BCUT2D eigenvalue weighted by Gasteiger charge is 2.24. The number of carbonyl (C=O) groups excluding carboxylic acids is 1. The summed E-state index contributed by atoms with van der Waals surface area (Å²) in [5.74, 6) is 0.838. The van der Waals surface area contributed by atoms with E-state index in [1.165, 1.54) is 51.9 Å². The molecule has 8 nitrogen and oxygen atoms in total. The van der Waals surface area contributed by atoms with Gasteiger partial charge in [0.1, 0.15) is 23.3 Å². The fourth-order valence-electron chi connectivity index (χ4n) is 3.75. The monoisotopic (exact) mass is 588 g/mol. The number of ether oxygens (including phenoxy) is 5. The van der Waals surface area contributed by atoms with Crippen molar-refractivity contribution in [3.8, 4) is 34.5 Å². The summed E-state index contributed by atoms with van der Waals surface area (Å²) >= 11 is 9.58. The first-order valence-electron chi connectivity index (χ1n) is 10.9. The highest BCUT2D eigenvalue weighted by atomic mass is 79.9. The molecule has 0 aliphatic rings. The third-order valence-corrected chi connectivity index (χ3v) is 6.94. The quantitative estimate of drug-likeness (QED) is 0.170. The molecule has 0 saturated carbocycles. The van der Waals surface area contributed by atoms with Gasteiger partial charge in [-0.3, -0.25) is 4.79 Å². The summed E-state index contributed by atoms with van der Waals surface area (Å²) in [6, 6.07) is 9.38. The van der Waals surface area contributed by atoms with Gasteiger partial charge in [-0.1, -0.05) is 11.6 Å². The number of rotatable bonds is 7. The molecule has 37 heavy (non-hydrogen) atoms. The van der Waals surface area contributed by atoms with E-state index in [9.17, 15) is 9.59 Å². The van der Waals surface area contributed by atoms with Crippen molar-refractivity contribution >= 4 is 44.5 Å². The summed E-state index contributed by atoms with van der Waals surface area (Å²) in [5.41, 5.74) is 1.64. The zero-order chi connectivity index (χ0) is 26.9. The van der Waals surface area contributed by atoms with Crippen LogP contribution in [0, 0.1) is 13.8 Å². The highest BCUT2D eigenvalue weighted by Crippen LogP contribution is 2.45. The Hall–Kier alpha value is -3.69. The first-order valence-corrected chi connectivity index (χ1v) is 12.1. The Morgan fingerprint density at radius 1 is 0.892 bits per heavy atom. The molecule has 0 spiro atoms. The molecule has 10 heteroatoms. The molecular formula is C27H22BrClO8. The molecule has 0 unspecified atom stereocenters. The Kier molecular flexibility index (Phi) is 7.65. The summed E-state index contributed by atoms with van der Waals surface area (Å²) in [5, 5.41) is 0.896. The second-order valence-corrected chi connectivity index (χ2v) is 9.13. The van der Waals surface area contributed by atoms with Crippen LogP contribution in [0.4, 0.5) is 0 Å². The molecule has 1 heterocycles. The molecular weight excluding hydrogens is 568 g/mol. The lowest BCUT2D eigenvalue weighted by Gasteiger charge is -2.16. The molecule has 0 aliphatic carbocycles. The number of benzene rings is 3. The van der Waals surface area contributed by atoms with Gasteiger partial charge in [-0.15, -0.1) is 0 Å². The van der Waals surface area contributed by atoms with Crippen molar-refractivity contribution in [1.29, 1.82) is 0 Å². The molecule has 4 aromatic rings. The highest BCUT2D eigenvalue weighted by molar-refractivity contribution is 9.10. The maximum Gasteiger partial charge on any atom is 0.344 e. The van der Waals surface area contributed by atoms with Gasteiger partial charge < -0.3 is 28.1 Å². The number of hydrogen-bond acceptors (Lipinski definition) is 8. The molecule has 0 bridgehead atoms. The minimum Gasteiger partial charge on any atom is -0.493 e. The van der Waals surface area contributed by atoms with Crippen LogP contribution in [0.3, 0.4) is 0 Å². The van der Waals surface area contributed by atoms with Gasteiger partial charge in [0.15, 0.2) is 11.5 Å². The average molecular weight is 590 g/mol. The van der Waals surface area contributed by atoms with Crippen molar-refractivity contribution in [3.63, 3.8) is 0 Å². The van der Waals surface area contributed by atoms with Gasteiger partial charge in [0.05, 0.1) is 36.8 Å². The van der Waals surface area contributed by atoms with Gasteiger partial charge in [-0.2, -0.15) is 0 Å². The van der Waals surface area contributed by atoms with Gasteiger partial charge in [0.2, 0.25) is 16.9 Å². The summed E-state index contributed by atoms with van der Waals surface area (Å²) in [4.78, 5) is 26.0. The standard InChI is InChI=1S/C27H22BrClO8/c1-13-8-16(9-14(2)23(13)29)36-21-12-35-19-10-15(6-7-17(19)24(21)30)37-27(31)18-11-20(32-3)25(33-4)26(34-5)22(18)28/h6-12H,1-5H3. The van der Waals surface area contributed by atoms with Gasteiger partial charge in [-0.25, -0.2) is 4.79 Å². The normalized spacial score (nSPS) is 10.8. The Morgan fingerprint density at radius 3 is 2.19 bits per heavy atom. The summed E-state index contributed by atoms with van der Waals surface area (Å²) in [7, 11) is 4.34. The number of carbonyl (C=O) groups is 1. The summed E-state index contributed by atoms with van der Waals surface area (Å²) in [6.07, 6.45) is 1.21. The Bertz CT molecular complexity index is 1550. The molecule has 1 aromatic heterocycles. The van der Waals surface area contributed by atoms with Gasteiger partial charge in [0, 0.05) is 11.1 Å². The van der Waals surface area contributed by atoms with E-state index in [-0.39, 0.29) is 45.0 Å². The predicted octanol–water partition coefficient (Wildman–Crippen LogP) is 6.86. The molecule has 0 aliphatic heterocycles. The molecule has 4 rings (SSSR count). The summed E-state index contributed by atoms with van der Waals surface area (Å²) < 4.78 is 33.3. The van der Waals surface area contributed by atoms with Crippen LogP contribution in [0.1, 0.15) is 21.5 Å². The SMILES string of the molecule is COc1cc(C(=O)Oc2ccc3c(=O)c(Oc4cc(C)c(Cl)c(C)c4)coc3c2)c(Br)c(OC)c1OC. The van der Waals surface area contributed by atoms with Crippen LogP contribution in [-0.4, -0.2) is 27.3 Å². The number of hydrogen-bond donors (Lipinski definition) is 0. The lowest BCUT2D eigenvalue weighted by Crippen LogP contribution is -2.11. The van der Waals surface area contributed by atoms with Gasteiger partial charge in [-0.05, 0) is 71.2 Å². The van der Waals surface area contributed by atoms with Crippen LogP contribution in [0.2, 0.25) is 5.02 Å². The molecule has 0 saturated heterocycles. The fourth-order valence-corrected chi connectivity index (χ4v) is 4.48. The molecule has 0 fully saturated rings. The topological polar surface area (TPSA) is 93.4 Å². The zero-order valence-electron chi connectivity index (χ0n) is 20.6. The Balaban J connectivity index is 1.63. The number of halogens is 2. The van der Waals surface area contributed by atoms with E-state index >= 15 is 0 Å². The maximum atomic E-state index is 13.0. The minimum absolute atomic E-state index is 0.0136. The lowest BCUT2D eigenvalue weighted by molar-refractivity contribution is 0.0733. The van der Waals surface area contributed by atoms with Crippen molar-refractivity contribution in [3.05, 3.63) is 79.1 Å². The summed E-state index contributed by atoms with van der Waals surface area (Å²) in [6.45, 7) is 3.70. The van der Waals surface area contributed by atoms with Crippen LogP contribution < -0.4 is 29.1 Å². The van der Waals surface area contributed by atoms with Crippen LogP contribution in [0.25, 0.3) is 11.0 Å². The van der Waals surface area contributed by atoms with Crippen molar-refractivity contribution < 1.29 is 32.9 Å². The van der Waals surface area contributed by atoms with E-state index in [4.69, 9.17) is 39.7 Å². The largest absolute Gasteiger partial charge is 0.493 e. The van der Waals surface area contributed by atoms with Crippen LogP contribution in [-0.2, 0) is 0 Å². The second-order valence-electron chi connectivity index (χ2n) is 7.96. The van der Waals surface area contributed by atoms with E-state index in [1.54, 1.807) is 12.1 Å². The van der Waals surface area contributed by atoms with Crippen LogP contribution in [0.15, 0.2) is 56.3 Å². The Labute approximate surface area is 225 Å². The van der Waals surface area contributed by atoms with E-state index in [2.05, 4.69) is 15.9 Å².